The number of anilines is 1. The van der Waals surface area contributed by atoms with Crippen LogP contribution in [0.3, 0.4) is 0 Å². The van der Waals surface area contributed by atoms with Crippen LogP contribution in [0.25, 0.3) is 32.4 Å². The molecule has 1 aliphatic heterocycles. The fourth-order valence-electron chi connectivity index (χ4n) is 5.23. The van der Waals surface area contributed by atoms with E-state index in [2.05, 4.69) is 53.8 Å². The zero-order chi connectivity index (χ0) is 26.9. The highest BCUT2D eigenvalue weighted by molar-refractivity contribution is 9.10. The van der Waals surface area contributed by atoms with Crippen LogP contribution in [0.2, 0.25) is 0 Å². The Balaban J connectivity index is 1.41. The maximum atomic E-state index is 5.52. The number of nitrogens with zero attached hydrogens (tertiary/aromatic N) is 4. The lowest BCUT2D eigenvalue weighted by molar-refractivity contribution is 0.324. The van der Waals surface area contributed by atoms with Gasteiger partial charge < -0.3 is 29.4 Å². The van der Waals surface area contributed by atoms with Crippen LogP contribution in [0.4, 0.5) is 5.95 Å². The molecule has 1 saturated heterocycles. The molecule has 0 bridgehead atoms. The predicted octanol–water partition coefficient (Wildman–Crippen LogP) is 6.03. The van der Waals surface area contributed by atoms with Crippen LogP contribution in [-0.2, 0) is 6.54 Å². The van der Waals surface area contributed by atoms with E-state index in [1.807, 2.05) is 24.4 Å². The van der Waals surface area contributed by atoms with Gasteiger partial charge in [0, 0.05) is 36.3 Å². The Morgan fingerprint density at radius 3 is 2.67 bits per heavy atom. The number of nitrogens with one attached hydrogen (secondary N) is 2. The van der Waals surface area contributed by atoms with Crippen molar-refractivity contribution in [1.82, 2.24) is 24.8 Å². The average Bonchev–Trinajstić information content (AvgIpc) is 3.60. The van der Waals surface area contributed by atoms with Crippen LogP contribution in [0, 0.1) is 0 Å². The van der Waals surface area contributed by atoms with Gasteiger partial charge in [-0.25, -0.2) is 15.0 Å². The molecule has 1 aromatic carbocycles. The summed E-state index contributed by atoms with van der Waals surface area (Å²) in [6.07, 6.45) is 6.47. The molecule has 1 aliphatic rings. The van der Waals surface area contributed by atoms with Crippen LogP contribution in [0.5, 0.6) is 17.2 Å². The van der Waals surface area contributed by atoms with Crippen molar-refractivity contribution in [3.8, 4) is 28.5 Å². The molecule has 2 N–H and O–H groups in total. The van der Waals surface area contributed by atoms with Crippen LogP contribution in [0.15, 0.2) is 46.6 Å². The number of rotatable bonds is 8. The molecule has 11 heteroatoms. The van der Waals surface area contributed by atoms with Gasteiger partial charge in [-0.05, 0) is 70.5 Å². The second-order valence-corrected chi connectivity index (χ2v) is 11.1. The minimum Gasteiger partial charge on any atom is -0.493 e. The summed E-state index contributed by atoms with van der Waals surface area (Å²) in [6.45, 7) is 2.49. The average molecular weight is 610 g/mol. The molecule has 1 atom stereocenters. The van der Waals surface area contributed by atoms with Gasteiger partial charge in [-0.3, -0.25) is 0 Å². The van der Waals surface area contributed by atoms with Crippen molar-refractivity contribution < 1.29 is 14.2 Å². The highest BCUT2D eigenvalue weighted by atomic mass is 79.9. The van der Waals surface area contributed by atoms with Crippen molar-refractivity contribution in [2.75, 3.05) is 39.7 Å². The van der Waals surface area contributed by atoms with E-state index in [1.54, 1.807) is 32.7 Å². The van der Waals surface area contributed by atoms with Crippen LogP contribution in [-0.4, -0.2) is 53.9 Å². The summed E-state index contributed by atoms with van der Waals surface area (Å²) in [5.41, 5.74) is 4.96. The molecular formula is C28H29BrN6O3S. The molecule has 4 aromatic heterocycles. The number of thiophene rings is 1. The minimum atomic E-state index is 0.372. The fourth-order valence-corrected chi connectivity index (χ4v) is 6.39. The standard InChI is InChI=1S/C28H29BrN6O3S/c1-36-22-9-16(10-23(37-2)26(22)38-3)12-32-28-33-20-6-8-39-27(20)25(34-28)19-15-35(17-5-4-7-30-13-17)21-14-31-24(29)11-18(19)21/h6,8-11,14-15,17,30H,4-5,7,12-13H2,1-3H3,(H,32,33,34). The van der Waals surface area contributed by atoms with Gasteiger partial charge in [-0.1, -0.05) is 0 Å². The molecule has 9 nitrogen and oxygen atoms in total. The van der Waals surface area contributed by atoms with Gasteiger partial charge in [-0.2, -0.15) is 0 Å². The first kappa shape index (κ1) is 25.8. The largest absolute Gasteiger partial charge is 0.493 e. The van der Waals surface area contributed by atoms with E-state index in [0.717, 1.165) is 68.5 Å². The van der Waals surface area contributed by atoms with Crippen molar-refractivity contribution in [3.63, 3.8) is 0 Å². The molecule has 1 unspecified atom stereocenters. The highest BCUT2D eigenvalue weighted by Crippen LogP contribution is 2.40. The predicted molar refractivity (Wildman–Crippen MR) is 158 cm³/mol. The van der Waals surface area contributed by atoms with E-state index >= 15 is 0 Å². The second kappa shape index (κ2) is 11.0. The smallest absolute Gasteiger partial charge is 0.224 e. The summed E-state index contributed by atoms with van der Waals surface area (Å²) in [5, 5.41) is 10.1. The summed E-state index contributed by atoms with van der Waals surface area (Å²) >= 11 is 5.24. The maximum absolute atomic E-state index is 5.52. The molecule has 0 radical (unpaired) electrons. The Hall–Kier alpha value is -3.41. The first-order chi connectivity index (χ1) is 19.1. The zero-order valence-electron chi connectivity index (χ0n) is 22.0. The molecule has 1 fully saturated rings. The SMILES string of the molecule is COc1cc(CNc2nc(-c3cn(C4CCCNC4)c4cnc(Br)cc34)c3sccc3n2)cc(OC)c1OC. The fraction of sp³-hybridized carbons (Fsp3) is 0.321. The van der Waals surface area contributed by atoms with E-state index < -0.39 is 0 Å². The Bertz CT molecular complexity index is 1620. The summed E-state index contributed by atoms with van der Waals surface area (Å²) in [5.74, 6) is 2.32. The zero-order valence-corrected chi connectivity index (χ0v) is 24.4. The summed E-state index contributed by atoms with van der Waals surface area (Å²) < 4.78 is 20.7. The third kappa shape index (κ3) is 4.90. The molecule has 0 amide bonds. The van der Waals surface area contributed by atoms with E-state index in [9.17, 15) is 0 Å². The number of methoxy groups -OCH3 is 3. The Morgan fingerprint density at radius 1 is 1.13 bits per heavy atom. The molecule has 0 saturated carbocycles. The van der Waals surface area contributed by atoms with Gasteiger partial charge >= 0.3 is 0 Å². The number of piperidine rings is 1. The summed E-state index contributed by atoms with van der Waals surface area (Å²) in [6, 6.07) is 8.35. The van der Waals surface area contributed by atoms with Gasteiger partial charge in [0.2, 0.25) is 11.7 Å². The lowest BCUT2D eigenvalue weighted by Crippen LogP contribution is -2.31. The van der Waals surface area contributed by atoms with Gasteiger partial charge in [0.15, 0.2) is 11.5 Å². The second-order valence-electron chi connectivity index (χ2n) is 9.39. The van der Waals surface area contributed by atoms with E-state index in [4.69, 9.17) is 24.2 Å². The number of fused-ring (bicyclic) bond motifs is 2. The normalized spacial score (nSPS) is 15.5. The van der Waals surface area contributed by atoms with E-state index in [-0.39, 0.29) is 0 Å². The number of hydrogen-bond donors (Lipinski definition) is 2. The number of benzene rings is 1. The third-order valence-electron chi connectivity index (χ3n) is 7.08. The molecule has 0 spiro atoms. The number of pyridine rings is 1. The quantitative estimate of drug-likeness (QED) is 0.206. The number of aromatic nitrogens is 4. The van der Waals surface area contributed by atoms with Crippen LogP contribution >= 0.6 is 27.3 Å². The van der Waals surface area contributed by atoms with Crippen molar-refractivity contribution in [2.45, 2.75) is 25.4 Å². The molecule has 39 heavy (non-hydrogen) atoms. The molecule has 202 valence electrons. The summed E-state index contributed by atoms with van der Waals surface area (Å²) in [4.78, 5) is 14.4. The maximum Gasteiger partial charge on any atom is 0.224 e. The van der Waals surface area contributed by atoms with Crippen molar-refractivity contribution in [1.29, 1.82) is 0 Å². The van der Waals surface area contributed by atoms with Crippen molar-refractivity contribution in [3.05, 3.63) is 52.2 Å². The lowest BCUT2D eigenvalue weighted by Gasteiger charge is -2.25. The molecule has 6 rings (SSSR count). The Labute approximate surface area is 238 Å². The number of ether oxygens (including phenoxy) is 3. The topological polar surface area (TPSA) is 95.4 Å². The molecular weight excluding hydrogens is 580 g/mol. The van der Waals surface area contributed by atoms with Crippen molar-refractivity contribution in [2.24, 2.45) is 0 Å². The van der Waals surface area contributed by atoms with E-state index in [0.29, 0.717) is 35.8 Å². The monoisotopic (exact) mass is 608 g/mol. The highest BCUT2D eigenvalue weighted by Gasteiger charge is 2.22. The summed E-state index contributed by atoms with van der Waals surface area (Å²) in [7, 11) is 4.82. The van der Waals surface area contributed by atoms with Crippen LogP contribution in [0.1, 0.15) is 24.4 Å². The first-order valence-corrected chi connectivity index (χ1v) is 14.4. The number of halogens is 1. The number of hydrogen-bond acceptors (Lipinski definition) is 9. The minimum absolute atomic E-state index is 0.372. The van der Waals surface area contributed by atoms with Gasteiger partial charge in [-0.15, -0.1) is 11.3 Å². The molecule has 5 heterocycles. The Kier molecular flexibility index (Phi) is 7.28. The molecule has 0 aliphatic carbocycles. The van der Waals surface area contributed by atoms with Crippen molar-refractivity contribution >= 4 is 54.3 Å². The Morgan fingerprint density at radius 2 is 1.95 bits per heavy atom. The lowest BCUT2D eigenvalue weighted by atomic mass is 10.1. The van der Waals surface area contributed by atoms with Crippen LogP contribution < -0.4 is 24.8 Å². The third-order valence-corrected chi connectivity index (χ3v) is 8.43. The first-order valence-electron chi connectivity index (χ1n) is 12.7. The van der Waals surface area contributed by atoms with E-state index in [1.165, 1.54) is 0 Å². The van der Waals surface area contributed by atoms with Gasteiger partial charge in [0.25, 0.3) is 0 Å². The molecule has 5 aromatic rings. The van der Waals surface area contributed by atoms with Gasteiger partial charge in [0.05, 0.1) is 49.0 Å². The van der Waals surface area contributed by atoms with Gasteiger partial charge in [0.1, 0.15) is 4.60 Å².